The molecule has 0 aromatic heterocycles. The zero-order chi connectivity index (χ0) is 13.5. The SMILES string of the molecule is COCC(O)CN(C)C(c1ccccc1)C(C)N. The largest absolute Gasteiger partial charge is 0.389 e. The third kappa shape index (κ3) is 4.38. The first kappa shape index (κ1) is 15.1. The molecule has 18 heavy (non-hydrogen) atoms. The predicted molar refractivity (Wildman–Crippen MR) is 73.3 cm³/mol. The normalized spacial score (nSPS) is 16.6. The minimum absolute atomic E-state index is 0.00727. The van der Waals surface area contributed by atoms with Crippen LogP contribution in [0.2, 0.25) is 0 Å². The van der Waals surface area contributed by atoms with Gasteiger partial charge in [0, 0.05) is 25.7 Å². The highest BCUT2D eigenvalue weighted by molar-refractivity contribution is 5.20. The van der Waals surface area contributed by atoms with Gasteiger partial charge in [0.05, 0.1) is 12.7 Å². The van der Waals surface area contributed by atoms with Gasteiger partial charge in [0.1, 0.15) is 0 Å². The summed E-state index contributed by atoms with van der Waals surface area (Å²) in [6, 6.07) is 10.2. The van der Waals surface area contributed by atoms with Gasteiger partial charge in [-0.25, -0.2) is 0 Å². The summed E-state index contributed by atoms with van der Waals surface area (Å²) in [7, 11) is 3.56. The van der Waals surface area contributed by atoms with Crippen molar-refractivity contribution in [2.75, 3.05) is 27.3 Å². The van der Waals surface area contributed by atoms with E-state index >= 15 is 0 Å². The maximum Gasteiger partial charge on any atom is 0.0900 e. The minimum Gasteiger partial charge on any atom is -0.389 e. The third-order valence-corrected chi connectivity index (χ3v) is 2.97. The van der Waals surface area contributed by atoms with Crippen LogP contribution in [-0.2, 0) is 4.74 Å². The molecule has 0 bridgehead atoms. The lowest BCUT2D eigenvalue weighted by Gasteiger charge is -2.32. The second-order valence-electron chi connectivity index (χ2n) is 4.76. The Kier molecular flexibility index (Phi) is 6.29. The number of rotatable bonds is 7. The molecule has 3 N–H and O–H groups in total. The minimum atomic E-state index is -0.495. The van der Waals surface area contributed by atoms with E-state index in [0.29, 0.717) is 13.2 Å². The molecule has 0 aliphatic carbocycles. The molecule has 102 valence electrons. The number of methoxy groups -OCH3 is 1. The molecule has 0 spiro atoms. The van der Waals surface area contributed by atoms with Crippen LogP contribution in [0.4, 0.5) is 0 Å². The Hall–Kier alpha value is -0.940. The molecule has 3 unspecified atom stereocenters. The molecule has 0 saturated carbocycles. The Bertz CT molecular complexity index is 330. The summed E-state index contributed by atoms with van der Waals surface area (Å²) in [5.41, 5.74) is 7.23. The Labute approximate surface area is 109 Å². The highest BCUT2D eigenvalue weighted by Crippen LogP contribution is 2.22. The Balaban J connectivity index is 2.73. The van der Waals surface area contributed by atoms with Gasteiger partial charge in [-0.3, -0.25) is 4.90 Å². The van der Waals surface area contributed by atoms with Gasteiger partial charge in [0.2, 0.25) is 0 Å². The fourth-order valence-corrected chi connectivity index (χ4v) is 2.30. The van der Waals surface area contributed by atoms with Crippen molar-refractivity contribution in [3.63, 3.8) is 0 Å². The number of hydrogen-bond acceptors (Lipinski definition) is 4. The summed E-state index contributed by atoms with van der Waals surface area (Å²) in [5, 5.41) is 9.79. The van der Waals surface area contributed by atoms with E-state index in [4.69, 9.17) is 10.5 Å². The fraction of sp³-hybridized carbons (Fsp3) is 0.571. The number of nitrogens with zero attached hydrogens (tertiary/aromatic N) is 1. The van der Waals surface area contributed by atoms with Crippen molar-refractivity contribution in [3.8, 4) is 0 Å². The molecule has 3 atom stereocenters. The van der Waals surface area contributed by atoms with Crippen LogP contribution in [0.1, 0.15) is 18.5 Å². The topological polar surface area (TPSA) is 58.7 Å². The van der Waals surface area contributed by atoms with E-state index in [0.717, 1.165) is 0 Å². The number of aliphatic hydroxyl groups is 1. The van der Waals surface area contributed by atoms with Crippen molar-refractivity contribution in [2.24, 2.45) is 5.73 Å². The van der Waals surface area contributed by atoms with Crippen LogP contribution >= 0.6 is 0 Å². The molecule has 1 aromatic rings. The monoisotopic (exact) mass is 252 g/mol. The van der Waals surface area contributed by atoms with Gasteiger partial charge >= 0.3 is 0 Å². The highest BCUT2D eigenvalue weighted by Gasteiger charge is 2.22. The van der Waals surface area contributed by atoms with Gasteiger partial charge in [-0.2, -0.15) is 0 Å². The second-order valence-corrected chi connectivity index (χ2v) is 4.76. The van der Waals surface area contributed by atoms with Gasteiger partial charge in [0.25, 0.3) is 0 Å². The molecular weight excluding hydrogens is 228 g/mol. The number of hydrogen-bond donors (Lipinski definition) is 2. The second kappa shape index (κ2) is 7.48. The van der Waals surface area contributed by atoms with E-state index in [9.17, 15) is 5.11 Å². The van der Waals surface area contributed by atoms with Crippen LogP contribution in [0.5, 0.6) is 0 Å². The standard InChI is InChI=1S/C14H24N2O2/c1-11(15)14(12-7-5-4-6-8-12)16(2)9-13(17)10-18-3/h4-8,11,13-14,17H,9-10,15H2,1-3H3. The molecular formula is C14H24N2O2. The average molecular weight is 252 g/mol. The summed E-state index contributed by atoms with van der Waals surface area (Å²) < 4.78 is 4.94. The maximum atomic E-state index is 9.79. The summed E-state index contributed by atoms with van der Waals surface area (Å²) in [6.07, 6.45) is -0.495. The summed E-state index contributed by atoms with van der Waals surface area (Å²) in [6.45, 7) is 2.86. The zero-order valence-electron chi connectivity index (χ0n) is 11.4. The number of aliphatic hydroxyl groups excluding tert-OH is 1. The van der Waals surface area contributed by atoms with Gasteiger partial charge in [-0.1, -0.05) is 30.3 Å². The molecule has 4 heteroatoms. The van der Waals surface area contributed by atoms with E-state index in [1.165, 1.54) is 5.56 Å². The van der Waals surface area contributed by atoms with Gasteiger partial charge in [-0.05, 0) is 19.5 Å². The fourth-order valence-electron chi connectivity index (χ4n) is 2.30. The van der Waals surface area contributed by atoms with Crippen LogP contribution in [0.3, 0.4) is 0 Å². The van der Waals surface area contributed by atoms with E-state index < -0.39 is 6.10 Å². The van der Waals surface area contributed by atoms with Crippen molar-refractivity contribution in [2.45, 2.75) is 25.1 Å². The van der Waals surface area contributed by atoms with Crippen molar-refractivity contribution in [1.82, 2.24) is 4.90 Å². The molecule has 0 heterocycles. The van der Waals surface area contributed by atoms with E-state index in [1.807, 2.05) is 32.2 Å². The Morgan fingerprint density at radius 3 is 2.44 bits per heavy atom. The number of ether oxygens (including phenoxy) is 1. The van der Waals surface area contributed by atoms with Crippen molar-refractivity contribution >= 4 is 0 Å². The Morgan fingerprint density at radius 1 is 1.33 bits per heavy atom. The average Bonchev–Trinajstić information content (AvgIpc) is 2.30. The van der Waals surface area contributed by atoms with E-state index in [-0.39, 0.29) is 12.1 Å². The molecule has 0 aliphatic heterocycles. The quantitative estimate of drug-likeness (QED) is 0.760. The highest BCUT2D eigenvalue weighted by atomic mass is 16.5. The summed E-state index contributed by atoms with van der Waals surface area (Å²) >= 11 is 0. The number of benzene rings is 1. The maximum absolute atomic E-state index is 9.79. The first-order valence-corrected chi connectivity index (χ1v) is 6.24. The molecule has 0 saturated heterocycles. The molecule has 0 radical (unpaired) electrons. The molecule has 4 nitrogen and oxygen atoms in total. The van der Waals surface area contributed by atoms with Crippen LogP contribution in [0.25, 0.3) is 0 Å². The van der Waals surface area contributed by atoms with Gasteiger partial charge < -0.3 is 15.6 Å². The number of likely N-dealkylation sites (N-methyl/N-ethyl adjacent to an activating group) is 1. The van der Waals surface area contributed by atoms with Crippen molar-refractivity contribution in [3.05, 3.63) is 35.9 Å². The third-order valence-electron chi connectivity index (χ3n) is 2.97. The first-order valence-electron chi connectivity index (χ1n) is 6.24. The first-order chi connectivity index (χ1) is 8.56. The van der Waals surface area contributed by atoms with Crippen LogP contribution in [0, 0.1) is 0 Å². The zero-order valence-corrected chi connectivity index (χ0v) is 11.4. The lowest BCUT2D eigenvalue weighted by Crippen LogP contribution is -2.41. The molecule has 1 aromatic carbocycles. The van der Waals surface area contributed by atoms with Gasteiger partial charge in [0.15, 0.2) is 0 Å². The van der Waals surface area contributed by atoms with Crippen LogP contribution in [0.15, 0.2) is 30.3 Å². The van der Waals surface area contributed by atoms with E-state index in [2.05, 4.69) is 17.0 Å². The van der Waals surface area contributed by atoms with Crippen molar-refractivity contribution in [1.29, 1.82) is 0 Å². The molecule has 1 rings (SSSR count). The lowest BCUT2D eigenvalue weighted by molar-refractivity contribution is 0.0317. The van der Waals surface area contributed by atoms with E-state index in [1.54, 1.807) is 7.11 Å². The molecule has 0 fully saturated rings. The molecule has 0 aliphatic rings. The summed E-state index contributed by atoms with van der Waals surface area (Å²) in [4.78, 5) is 2.07. The van der Waals surface area contributed by atoms with Crippen LogP contribution in [-0.4, -0.2) is 49.5 Å². The van der Waals surface area contributed by atoms with Crippen molar-refractivity contribution < 1.29 is 9.84 Å². The smallest absolute Gasteiger partial charge is 0.0900 e. The molecule has 0 amide bonds. The van der Waals surface area contributed by atoms with Gasteiger partial charge in [-0.15, -0.1) is 0 Å². The summed E-state index contributed by atoms with van der Waals surface area (Å²) in [5.74, 6) is 0. The van der Waals surface area contributed by atoms with Crippen LogP contribution < -0.4 is 5.73 Å². The number of nitrogens with two attached hydrogens (primary N) is 1. The lowest BCUT2D eigenvalue weighted by atomic mass is 9.99. The predicted octanol–water partition coefficient (Wildman–Crippen LogP) is 1.01. The Morgan fingerprint density at radius 2 is 1.94 bits per heavy atom.